The number of esters is 1. The average molecular weight is 268 g/mol. The Hall–Kier alpha value is -1.59. The van der Waals surface area contributed by atoms with Crippen molar-refractivity contribution < 1.29 is 19.1 Å². The number of hydrogen-bond donors (Lipinski definition) is 1. The first-order valence-electron chi connectivity index (χ1n) is 6.86. The van der Waals surface area contributed by atoms with Gasteiger partial charge in [-0.15, -0.1) is 0 Å². The maximum atomic E-state index is 12.2. The second-order valence-electron chi connectivity index (χ2n) is 5.03. The Morgan fingerprint density at radius 3 is 2.84 bits per heavy atom. The van der Waals surface area contributed by atoms with Crippen LogP contribution < -0.4 is 5.32 Å². The highest BCUT2D eigenvalue weighted by Gasteiger charge is 2.35. The van der Waals surface area contributed by atoms with Gasteiger partial charge < -0.3 is 15.0 Å². The SMILES string of the molecule is CCOC(=O)[C@H]1CCCN(C(=O)[C@@H]2CCC(=O)N2)C1. The van der Waals surface area contributed by atoms with Crippen LogP contribution in [0.5, 0.6) is 0 Å². The first-order valence-corrected chi connectivity index (χ1v) is 6.86. The second kappa shape index (κ2) is 6.04. The Morgan fingerprint density at radius 2 is 2.21 bits per heavy atom. The van der Waals surface area contributed by atoms with E-state index in [4.69, 9.17) is 4.74 Å². The van der Waals surface area contributed by atoms with Gasteiger partial charge in [0.2, 0.25) is 11.8 Å². The molecule has 0 aromatic rings. The van der Waals surface area contributed by atoms with Crippen LogP contribution in [0.1, 0.15) is 32.6 Å². The predicted octanol–water partition coefficient (Wildman–Crippen LogP) is 0.0667. The van der Waals surface area contributed by atoms with Crippen molar-refractivity contribution in [2.24, 2.45) is 5.92 Å². The minimum atomic E-state index is -0.409. The van der Waals surface area contributed by atoms with Gasteiger partial charge in [0.15, 0.2) is 0 Å². The standard InChI is InChI=1S/C13H20N2O4/c1-2-19-13(18)9-4-3-7-15(8-9)12(17)10-5-6-11(16)14-10/h9-10H,2-8H2,1H3,(H,14,16)/t9-,10-/m0/s1. The van der Waals surface area contributed by atoms with E-state index in [2.05, 4.69) is 5.32 Å². The minimum absolute atomic E-state index is 0.0696. The summed E-state index contributed by atoms with van der Waals surface area (Å²) >= 11 is 0. The largest absolute Gasteiger partial charge is 0.466 e. The molecule has 2 amide bonds. The zero-order chi connectivity index (χ0) is 13.8. The third-order valence-electron chi connectivity index (χ3n) is 3.65. The first-order chi connectivity index (χ1) is 9.11. The molecule has 0 saturated carbocycles. The van der Waals surface area contributed by atoms with E-state index in [1.165, 1.54) is 0 Å². The van der Waals surface area contributed by atoms with Crippen LogP contribution in [0.3, 0.4) is 0 Å². The maximum absolute atomic E-state index is 12.2. The Bertz CT molecular complexity index is 383. The highest BCUT2D eigenvalue weighted by Crippen LogP contribution is 2.20. The summed E-state index contributed by atoms with van der Waals surface area (Å²) in [5.74, 6) is -0.595. The van der Waals surface area contributed by atoms with Crippen molar-refractivity contribution in [2.75, 3.05) is 19.7 Å². The van der Waals surface area contributed by atoms with Gasteiger partial charge in [0, 0.05) is 19.5 Å². The number of nitrogens with one attached hydrogen (secondary N) is 1. The molecule has 0 unspecified atom stereocenters. The lowest BCUT2D eigenvalue weighted by molar-refractivity contribution is -0.151. The number of carbonyl (C=O) groups excluding carboxylic acids is 3. The van der Waals surface area contributed by atoms with Crippen LogP contribution in [0.15, 0.2) is 0 Å². The van der Waals surface area contributed by atoms with Crippen molar-refractivity contribution in [1.82, 2.24) is 10.2 Å². The Labute approximate surface area is 112 Å². The first kappa shape index (κ1) is 13.8. The van der Waals surface area contributed by atoms with E-state index in [0.29, 0.717) is 32.5 Å². The minimum Gasteiger partial charge on any atom is -0.466 e. The molecule has 2 saturated heterocycles. The summed E-state index contributed by atoms with van der Waals surface area (Å²) in [4.78, 5) is 36.8. The second-order valence-corrected chi connectivity index (χ2v) is 5.03. The smallest absolute Gasteiger partial charge is 0.310 e. The number of ether oxygens (including phenoxy) is 1. The van der Waals surface area contributed by atoms with Crippen molar-refractivity contribution >= 4 is 17.8 Å². The van der Waals surface area contributed by atoms with E-state index in [1.807, 2.05) is 0 Å². The Balaban J connectivity index is 1.91. The summed E-state index contributed by atoms with van der Waals surface area (Å²) in [6.45, 7) is 3.20. The fraction of sp³-hybridized carbons (Fsp3) is 0.769. The number of amides is 2. The van der Waals surface area contributed by atoms with Gasteiger partial charge in [-0.25, -0.2) is 0 Å². The molecule has 2 rings (SSSR count). The third-order valence-corrected chi connectivity index (χ3v) is 3.65. The highest BCUT2D eigenvalue weighted by molar-refractivity contribution is 5.91. The Morgan fingerprint density at radius 1 is 1.42 bits per heavy atom. The summed E-state index contributed by atoms with van der Waals surface area (Å²) in [6, 6.07) is -0.409. The molecule has 2 fully saturated rings. The third kappa shape index (κ3) is 3.24. The number of rotatable bonds is 3. The van der Waals surface area contributed by atoms with E-state index in [9.17, 15) is 14.4 Å². The fourth-order valence-corrected chi connectivity index (χ4v) is 2.65. The number of likely N-dealkylation sites (tertiary alicyclic amines) is 1. The molecular weight excluding hydrogens is 248 g/mol. The van der Waals surface area contributed by atoms with Crippen LogP contribution >= 0.6 is 0 Å². The lowest BCUT2D eigenvalue weighted by Gasteiger charge is -2.33. The van der Waals surface area contributed by atoms with Gasteiger partial charge in [0.05, 0.1) is 12.5 Å². The van der Waals surface area contributed by atoms with Crippen LogP contribution in [0.4, 0.5) is 0 Å². The van der Waals surface area contributed by atoms with Gasteiger partial charge in [-0.05, 0) is 26.2 Å². The van der Waals surface area contributed by atoms with Crippen LogP contribution in [-0.2, 0) is 19.1 Å². The zero-order valence-electron chi connectivity index (χ0n) is 11.2. The normalized spacial score (nSPS) is 27.0. The predicted molar refractivity (Wildman–Crippen MR) is 67.1 cm³/mol. The van der Waals surface area contributed by atoms with E-state index in [1.54, 1.807) is 11.8 Å². The molecule has 2 aliphatic heterocycles. The van der Waals surface area contributed by atoms with E-state index in [-0.39, 0.29) is 23.7 Å². The van der Waals surface area contributed by atoms with Gasteiger partial charge in [0.1, 0.15) is 6.04 Å². The van der Waals surface area contributed by atoms with Crippen molar-refractivity contribution in [1.29, 1.82) is 0 Å². The summed E-state index contributed by atoms with van der Waals surface area (Å²) in [7, 11) is 0. The molecule has 0 spiro atoms. The molecule has 0 bridgehead atoms. The molecule has 2 heterocycles. The molecule has 0 radical (unpaired) electrons. The van der Waals surface area contributed by atoms with Gasteiger partial charge in [-0.2, -0.15) is 0 Å². The van der Waals surface area contributed by atoms with E-state index < -0.39 is 6.04 Å². The lowest BCUT2D eigenvalue weighted by atomic mass is 9.97. The monoisotopic (exact) mass is 268 g/mol. The highest BCUT2D eigenvalue weighted by atomic mass is 16.5. The molecule has 2 atom stereocenters. The van der Waals surface area contributed by atoms with Crippen molar-refractivity contribution in [3.8, 4) is 0 Å². The van der Waals surface area contributed by atoms with Crippen molar-refractivity contribution in [2.45, 2.75) is 38.6 Å². The molecule has 6 nitrogen and oxygen atoms in total. The average Bonchev–Trinajstić information content (AvgIpc) is 2.85. The molecular formula is C13H20N2O4. The van der Waals surface area contributed by atoms with Crippen LogP contribution in [0.25, 0.3) is 0 Å². The molecule has 106 valence electrons. The molecule has 19 heavy (non-hydrogen) atoms. The van der Waals surface area contributed by atoms with Gasteiger partial charge >= 0.3 is 5.97 Å². The van der Waals surface area contributed by atoms with Crippen LogP contribution in [-0.4, -0.2) is 48.4 Å². The molecule has 2 aliphatic rings. The van der Waals surface area contributed by atoms with Crippen molar-refractivity contribution in [3.63, 3.8) is 0 Å². The van der Waals surface area contributed by atoms with Gasteiger partial charge in [0.25, 0.3) is 0 Å². The Kier molecular flexibility index (Phi) is 4.39. The maximum Gasteiger partial charge on any atom is 0.310 e. The van der Waals surface area contributed by atoms with Gasteiger partial charge in [-0.3, -0.25) is 14.4 Å². The van der Waals surface area contributed by atoms with Crippen LogP contribution in [0, 0.1) is 5.92 Å². The zero-order valence-corrected chi connectivity index (χ0v) is 11.2. The summed E-state index contributed by atoms with van der Waals surface area (Å²) < 4.78 is 5.01. The van der Waals surface area contributed by atoms with E-state index in [0.717, 1.165) is 12.8 Å². The quantitative estimate of drug-likeness (QED) is 0.735. The van der Waals surface area contributed by atoms with Gasteiger partial charge in [-0.1, -0.05) is 0 Å². The molecule has 0 aliphatic carbocycles. The van der Waals surface area contributed by atoms with E-state index >= 15 is 0 Å². The molecule has 1 N–H and O–H groups in total. The summed E-state index contributed by atoms with van der Waals surface area (Å²) in [5, 5.41) is 2.67. The number of carbonyl (C=O) groups is 3. The van der Waals surface area contributed by atoms with Crippen LogP contribution in [0.2, 0.25) is 0 Å². The summed E-state index contributed by atoms with van der Waals surface area (Å²) in [6.07, 6.45) is 2.53. The molecule has 0 aromatic carbocycles. The number of nitrogens with zero attached hydrogens (tertiary/aromatic N) is 1. The summed E-state index contributed by atoms with van der Waals surface area (Å²) in [5.41, 5.74) is 0. The van der Waals surface area contributed by atoms with Crippen molar-refractivity contribution in [3.05, 3.63) is 0 Å². The number of piperidine rings is 1. The fourth-order valence-electron chi connectivity index (χ4n) is 2.65. The topological polar surface area (TPSA) is 75.7 Å². The molecule has 6 heteroatoms. The lowest BCUT2D eigenvalue weighted by Crippen LogP contribution is -2.49. The number of hydrogen-bond acceptors (Lipinski definition) is 4. The molecule has 0 aromatic heterocycles.